The molecule has 3 nitrogen and oxygen atoms in total. The fourth-order valence-corrected chi connectivity index (χ4v) is 1.03. The molecule has 0 bridgehead atoms. The normalized spacial score (nSPS) is 10.0. The van der Waals surface area contributed by atoms with Crippen LogP contribution in [0.2, 0.25) is 0 Å². The molecule has 0 saturated carbocycles. The van der Waals surface area contributed by atoms with E-state index < -0.39 is 0 Å². The highest BCUT2D eigenvalue weighted by Gasteiger charge is 1.98. The van der Waals surface area contributed by atoms with E-state index in [1.807, 2.05) is 0 Å². The monoisotopic (exact) mass is 190 g/mol. The number of hydrogen-bond acceptors (Lipinski definition) is 3. The molecule has 1 N–H and O–H groups in total. The maximum absolute atomic E-state index is 4.83. The summed E-state index contributed by atoms with van der Waals surface area (Å²) in [4.78, 5) is 2.32. The van der Waals surface area contributed by atoms with Crippen molar-refractivity contribution in [3.63, 3.8) is 0 Å². The van der Waals surface area contributed by atoms with E-state index in [0.29, 0.717) is 5.17 Å². The number of ether oxygens (including phenoxy) is 1. The molecule has 0 aromatic carbocycles. The summed E-state index contributed by atoms with van der Waals surface area (Å²) in [6.07, 6.45) is 0. The zero-order valence-electron chi connectivity index (χ0n) is 8.09. The molecule has 0 radical (unpaired) electrons. The number of methoxy groups -OCH3 is 1. The second kappa shape index (κ2) is 7.31. The van der Waals surface area contributed by atoms with Crippen molar-refractivity contribution in [3.05, 3.63) is 0 Å². The van der Waals surface area contributed by atoms with E-state index in [9.17, 15) is 0 Å². The Balaban J connectivity index is 3.34. The molecule has 0 aliphatic carbocycles. The van der Waals surface area contributed by atoms with Crippen LogP contribution in [-0.2, 0) is 4.74 Å². The highest BCUT2D eigenvalue weighted by Crippen LogP contribution is 1.84. The first-order valence-electron chi connectivity index (χ1n) is 4.28. The van der Waals surface area contributed by atoms with Crippen LogP contribution in [-0.4, -0.2) is 43.4 Å². The standard InChI is InChI=1S/C8H18N2OS/c1-4-10(5-2)7-6-9-8(12)11-3/h4-7H2,1-3H3,(H,9,12). The minimum absolute atomic E-state index is 0.474. The lowest BCUT2D eigenvalue weighted by Crippen LogP contribution is -2.34. The van der Waals surface area contributed by atoms with Crippen molar-refractivity contribution < 1.29 is 4.74 Å². The summed E-state index contributed by atoms with van der Waals surface area (Å²) in [7, 11) is 1.58. The van der Waals surface area contributed by atoms with Crippen molar-refractivity contribution in [3.8, 4) is 0 Å². The number of rotatable bonds is 5. The Morgan fingerprint density at radius 3 is 2.42 bits per heavy atom. The van der Waals surface area contributed by atoms with Crippen LogP contribution in [0.4, 0.5) is 0 Å². The lowest BCUT2D eigenvalue weighted by atomic mass is 10.5. The van der Waals surface area contributed by atoms with Gasteiger partial charge in [0.05, 0.1) is 7.11 Å². The molecule has 12 heavy (non-hydrogen) atoms. The summed E-state index contributed by atoms with van der Waals surface area (Å²) in [5.41, 5.74) is 0. The van der Waals surface area contributed by atoms with E-state index >= 15 is 0 Å². The molecular weight excluding hydrogens is 172 g/mol. The smallest absolute Gasteiger partial charge is 0.256 e. The van der Waals surface area contributed by atoms with E-state index in [1.165, 1.54) is 0 Å². The van der Waals surface area contributed by atoms with Gasteiger partial charge in [-0.05, 0) is 25.3 Å². The molecule has 0 spiro atoms. The molecule has 0 atom stereocenters. The van der Waals surface area contributed by atoms with Gasteiger partial charge in [-0.15, -0.1) is 0 Å². The van der Waals surface area contributed by atoms with E-state index in [0.717, 1.165) is 26.2 Å². The Morgan fingerprint density at radius 1 is 1.42 bits per heavy atom. The van der Waals surface area contributed by atoms with E-state index in [4.69, 9.17) is 17.0 Å². The summed E-state index contributed by atoms with van der Waals surface area (Å²) in [5, 5.41) is 3.47. The van der Waals surface area contributed by atoms with Crippen LogP contribution in [0.5, 0.6) is 0 Å². The average Bonchev–Trinajstić information content (AvgIpc) is 2.12. The van der Waals surface area contributed by atoms with Crippen molar-refractivity contribution in [2.45, 2.75) is 13.8 Å². The molecule has 0 aromatic rings. The maximum Gasteiger partial charge on any atom is 0.256 e. The quantitative estimate of drug-likeness (QED) is 0.650. The first-order chi connectivity index (χ1) is 5.74. The molecular formula is C8H18N2OS. The Morgan fingerprint density at radius 2 is 2.00 bits per heavy atom. The second-order valence-corrected chi connectivity index (χ2v) is 2.82. The van der Waals surface area contributed by atoms with Gasteiger partial charge in [0.25, 0.3) is 5.17 Å². The lowest BCUT2D eigenvalue weighted by molar-refractivity contribution is 0.303. The van der Waals surface area contributed by atoms with Gasteiger partial charge in [0, 0.05) is 13.1 Å². The fourth-order valence-electron chi connectivity index (χ4n) is 0.928. The Hall–Kier alpha value is -0.350. The summed E-state index contributed by atoms with van der Waals surface area (Å²) in [6, 6.07) is 0. The average molecular weight is 190 g/mol. The molecule has 4 heteroatoms. The van der Waals surface area contributed by atoms with Gasteiger partial charge in [0.15, 0.2) is 0 Å². The molecule has 0 heterocycles. The SMILES string of the molecule is CCN(CC)CCNC(=S)OC. The third kappa shape index (κ3) is 5.32. The number of thiocarbonyl (C=S) groups is 1. The summed E-state index contributed by atoms with van der Waals surface area (Å²) in [5.74, 6) is 0. The van der Waals surface area contributed by atoms with Crippen LogP contribution < -0.4 is 5.32 Å². The zero-order chi connectivity index (χ0) is 9.40. The van der Waals surface area contributed by atoms with Gasteiger partial charge in [0.1, 0.15) is 0 Å². The van der Waals surface area contributed by atoms with E-state index in [-0.39, 0.29) is 0 Å². The third-order valence-electron chi connectivity index (χ3n) is 1.78. The molecule has 0 fully saturated rings. The topological polar surface area (TPSA) is 24.5 Å². The Kier molecular flexibility index (Phi) is 7.09. The maximum atomic E-state index is 4.83. The number of likely N-dealkylation sites (N-methyl/N-ethyl adjacent to an activating group) is 1. The van der Waals surface area contributed by atoms with Crippen molar-refractivity contribution >= 4 is 17.4 Å². The molecule has 0 unspecified atom stereocenters. The molecule has 0 aliphatic rings. The highest BCUT2D eigenvalue weighted by atomic mass is 32.1. The fraction of sp³-hybridized carbons (Fsp3) is 0.875. The van der Waals surface area contributed by atoms with Gasteiger partial charge in [0.2, 0.25) is 0 Å². The lowest BCUT2D eigenvalue weighted by Gasteiger charge is -2.18. The second-order valence-electron chi connectivity index (χ2n) is 2.45. The third-order valence-corrected chi connectivity index (χ3v) is 2.09. The van der Waals surface area contributed by atoms with Crippen molar-refractivity contribution in [1.82, 2.24) is 10.2 Å². The summed E-state index contributed by atoms with van der Waals surface area (Å²) < 4.78 is 4.80. The highest BCUT2D eigenvalue weighted by molar-refractivity contribution is 7.80. The number of nitrogens with one attached hydrogen (secondary N) is 1. The van der Waals surface area contributed by atoms with Crippen LogP contribution in [0, 0.1) is 0 Å². The van der Waals surface area contributed by atoms with Crippen LogP contribution in [0.1, 0.15) is 13.8 Å². The zero-order valence-corrected chi connectivity index (χ0v) is 8.91. The summed E-state index contributed by atoms with van der Waals surface area (Å²) >= 11 is 4.83. The first kappa shape index (κ1) is 11.6. The molecule has 0 aliphatic heterocycles. The van der Waals surface area contributed by atoms with Crippen LogP contribution in [0.25, 0.3) is 0 Å². The van der Waals surface area contributed by atoms with E-state index in [2.05, 4.69) is 24.1 Å². The van der Waals surface area contributed by atoms with Crippen LogP contribution >= 0.6 is 12.2 Å². The van der Waals surface area contributed by atoms with Gasteiger partial charge in [-0.3, -0.25) is 0 Å². The van der Waals surface area contributed by atoms with Crippen LogP contribution in [0.3, 0.4) is 0 Å². The van der Waals surface area contributed by atoms with Gasteiger partial charge in [-0.2, -0.15) is 0 Å². The molecule has 0 aromatic heterocycles. The minimum Gasteiger partial charge on any atom is -0.474 e. The Labute approximate surface area is 80.1 Å². The van der Waals surface area contributed by atoms with Gasteiger partial charge in [-0.1, -0.05) is 13.8 Å². The predicted molar refractivity (Wildman–Crippen MR) is 55.4 cm³/mol. The molecule has 0 rings (SSSR count). The molecule has 72 valence electrons. The number of hydrogen-bond donors (Lipinski definition) is 1. The summed E-state index contributed by atoms with van der Waals surface area (Å²) in [6.45, 7) is 8.33. The minimum atomic E-state index is 0.474. The van der Waals surface area contributed by atoms with Crippen LogP contribution in [0.15, 0.2) is 0 Å². The van der Waals surface area contributed by atoms with Crippen molar-refractivity contribution in [2.24, 2.45) is 0 Å². The largest absolute Gasteiger partial charge is 0.474 e. The Bertz CT molecular complexity index is 126. The van der Waals surface area contributed by atoms with Gasteiger partial charge < -0.3 is 15.0 Å². The van der Waals surface area contributed by atoms with Gasteiger partial charge in [-0.25, -0.2) is 0 Å². The van der Waals surface area contributed by atoms with Crippen molar-refractivity contribution in [2.75, 3.05) is 33.3 Å². The molecule has 0 amide bonds. The van der Waals surface area contributed by atoms with Gasteiger partial charge >= 0.3 is 0 Å². The predicted octanol–water partition coefficient (Wildman–Crippen LogP) is 0.849. The molecule has 0 saturated heterocycles. The number of nitrogens with zero attached hydrogens (tertiary/aromatic N) is 1. The van der Waals surface area contributed by atoms with E-state index in [1.54, 1.807) is 7.11 Å². The first-order valence-corrected chi connectivity index (χ1v) is 4.69. The van der Waals surface area contributed by atoms with Crippen molar-refractivity contribution in [1.29, 1.82) is 0 Å².